The Kier molecular flexibility index (Phi) is 8.91. The smallest absolute Gasteiger partial charge is 0.347 e. The molecule has 0 radical (unpaired) electrons. The molecule has 6 heteroatoms. The third-order valence-corrected chi connectivity index (χ3v) is 17.5. The first-order valence-electron chi connectivity index (χ1n) is 17.3. The molecule has 4 nitrogen and oxygen atoms in total. The van der Waals surface area contributed by atoms with Crippen LogP contribution in [0, 0.1) is 0 Å². The second-order valence-corrected chi connectivity index (χ2v) is 19.2. The SMILES string of the molecule is O=C1C(O[Si](c2ccccc2)(c2ccccc2)c2ccccc2)=CC(=O)c2c(O[Si](c3ccccc3)(c3ccccc3)c3ccccc3)cccc21. The van der Waals surface area contributed by atoms with Crippen LogP contribution in [-0.4, -0.2) is 28.2 Å². The first kappa shape index (κ1) is 32.8. The number of hydrogen-bond acceptors (Lipinski definition) is 4. The van der Waals surface area contributed by atoms with Gasteiger partial charge in [0.05, 0.1) is 5.56 Å². The molecule has 250 valence electrons. The summed E-state index contributed by atoms with van der Waals surface area (Å²) in [5.74, 6) is -0.303. The van der Waals surface area contributed by atoms with Crippen LogP contribution < -0.4 is 35.5 Å². The summed E-state index contributed by atoms with van der Waals surface area (Å²) in [6, 6.07) is 65.9. The van der Waals surface area contributed by atoms with Gasteiger partial charge in [0.1, 0.15) is 5.75 Å². The predicted molar refractivity (Wildman–Crippen MR) is 213 cm³/mol. The topological polar surface area (TPSA) is 52.6 Å². The van der Waals surface area contributed by atoms with Crippen molar-refractivity contribution in [2.24, 2.45) is 0 Å². The quantitative estimate of drug-likeness (QED) is 0.136. The van der Waals surface area contributed by atoms with Crippen LogP contribution in [0.15, 0.2) is 212 Å². The maximum atomic E-state index is 14.7. The predicted octanol–water partition coefficient (Wildman–Crippen LogP) is 5.68. The molecule has 7 aromatic rings. The van der Waals surface area contributed by atoms with Crippen LogP contribution in [0.4, 0.5) is 0 Å². The molecular formula is C46H34O4Si2. The zero-order valence-corrected chi connectivity index (χ0v) is 30.3. The van der Waals surface area contributed by atoms with Gasteiger partial charge in [-0.05, 0) is 43.3 Å². The molecule has 0 unspecified atom stereocenters. The second-order valence-electron chi connectivity index (χ2n) is 12.6. The Balaban J connectivity index is 1.28. The van der Waals surface area contributed by atoms with Crippen molar-refractivity contribution < 1.29 is 18.4 Å². The van der Waals surface area contributed by atoms with Crippen LogP contribution in [0.2, 0.25) is 0 Å². The van der Waals surface area contributed by atoms with Gasteiger partial charge in [-0.25, -0.2) is 0 Å². The molecular weight excluding hydrogens is 673 g/mol. The van der Waals surface area contributed by atoms with Crippen molar-refractivity contribution in [2.45, 2.75) is 0 Å². The Hall–Kier alpha value is -6.35. The summed E-state index contributed by atoms with van der Waals surface area (Å²) in [7, 11) is -6.63. The number of carbonyl (C=O) groups is 2. The molecule has 0 fully saturated rings. The van der Waals surface area contributed by atoms with Gasteiger partial charge in [-0.3, -0.25) is 9.59 Å². The van der Waals surface area contributed by atoms with Crippen LogP contribution >= 0.6 is 0 Å². The Bertz CT molecular complexity index is 2170. The highest BCUT2D eigenvalue weighted by Crippen LogP contribution is 2.32. The lowest BCUT2D eigenvalue weighted by Crippen LogP contribution is -2.71. The third kappa shape index (κ3) is 5.74. The number of benzene rings is 7. The lowest BCUT2D eigenvalue weighted by molar-refractivity contribution is 0.0945. The van der Waals surface area contributed by atoms with E-state index in [2.05, 4.69) is 36.4 Å². The average Bonchev–Trinajstić information content (AvgIpc) is 3.22. The maximum absolute atomic E-state index is 14.7. The number of ketones is 2. The Labute approximate surface area is 305 Å². The zero-order valence-electron chi connectivity index (χ0n) is 28.3. The Morgan fingerprint density at radius 3 is 1.02 bits per heavy atom. The molecule has 0 bridgehead atoms. The van der Waals surface area contributed by atoms with Crippen LogP contribution in [0.25, 0.3) is 0 Å². The van der Waals surface area contributed by atoms with Crippen molar-refractivity contribution in [1.82, 2.24) is 0 Å². The zero-order chi connectivity index (χ0) is 35.4. The van der Waals surface area contributed by atoms with Gasteiger partial charge >= 0.3 is 16.6 Å². The number of Topliss-reactive ketones (excluding diaryl/α,β-unsaturated/α-hetero) is 1. The van der Waals surface area contributed by atoms with Gasteiger partial charge < -0.3 is 8.85 Å². The van der Waals surface area contributed by atoms with Gasteiger partial charge in [0, 0.05) is 11.6 Å². The Morgan fingerprint density at radius 1 is 0.346 bits per heavy atom. The average molecular weight is 707 g/mol. The molecule has 0 saturated heterocycles. The van der Waals surface area contributed by atoms with Gasteiger partial charge in [0.2, 0.25) is 5.78 Å². The molecule has 0 saturated carbocycles. The normalized spacial score (nSPS) is 12.8. The van der Waals surface area contributed by atoms with E-state index in [1.54, 1.807) is 18.2 Å². The van der Waals surface area contributed by atoms with Crippen molar-refractivity contribution >= 4 is 59.3 Å². The fourth-order valence-corrected chi connectivity index (χ4v) is 14.9. The summed E-state index contributed by atoms with van der Waals surface area (Å²) in [4.78, 5) is 29.2. The number of carbonyl (C=O) groups excluding carboxylic acids is 2. The lowest BCUT2D eigenvalue weighted by Gasteiger charge is -2.36. The summed E-state index contributed by atoms with van der Waals surface area (Å²) in [5, 5.41) is 5.93. The van der Waals surface area contributed by atoms with E-state index < -0.39 is 16.6 Å². The molecule has 52 heavy (non-hydrogen) atoms. The number of hydrogen-bond donors (Lipinski definition) is 0. The van der Waals surface area contributed by atoms with E-state index in [0.29, 0.717) is 5.75 Å². The lowest BCUT2D eigenvalue weighted by atomic mass is 9.93. The summed E-state index contributed by atoms with van der Waals surface area (Å²) >= 11 is 0. The number of allylic oxidation sites excluding steroid dienone is 2. The van der Waals surface area contributed by atoms with Gasteiger partial charge in [0.15, 0.2) is 11.5 Å². The van der Waals surface area contributed by atoms with Gasteiger partial charge in [-0.2, -0.15) is 0 Å². The van der Waals surface area contributed by atoms with E-state index in [1.807, 2.05) is 146 Å². The minimum Gasteiger partial charge on any atom is -0.530 e. The van der Waals surface area contributed by atoms with E-state index in [0.717, 1.165) is 31.1 Å². The van der Waals surface area contributed by atoms with Crippen molar-refractivity contribution in [3.63, 3.8) is 0 Å². The molecule has 1 aliphatic carbocycles. The monoisotopic (exact) mass is 706 g/mol. The van der Waals surface area contributed by atoms with Gasteiger partial charge in [-0.15, -0.1) is 0 Å². The number of fused-ring (bicyclic) bond motifs is 1. The van der Waals surface area contributed by atoms with E-state index in [1.165, 1.54) is 6.08 Å². The first-order valence-corrected chi connectivity index (χ1v) is 21.1. The standard InChI is InChI=1S/C46H34O4Si2/c47-42-34-44(50-52(38-26-13-4-14-27-38,39-28-15-5-16-29-39)40-30-17-6-18-31-40)46(48)41-32-19-33-43(45(41)42)49-51(35-20-7-1-8-21-35,36-22-9-2-10-23-36)37-24-11-3-12-25-37/h1-34H. The highest BCUT2D eigenvalue weighted by molar-refractivity contribution is 7.08. The Morgan fingerprint density at radius 2 is 0.673 bits per heavy atom. The van der Waals surface area contributed by atoms with Gasteiger partial charge in [-0.1, -0.05) is 188 Å². The molecule has 7 aromatic carbocycles. The van der Waals surface area contributed by atoms with E-state index in [-0.39, 0.29) is 28.5 Å². The molecule has 1 aliphatic rings. The fraction of sp³-hybridized carbons (Fsp3) is 0. The molecule has 8 rings (SSSR count). The molecule has 0 aromatic heterocycles. The number of rotatable bonds is 10. The van der Waals surface area contributed by atoms with Crippen LogP contribution in [0.5, 0.6) is 5.75 Å². The highest BCUT2D eigenvalue weighted by Gasteiger charge is 2.48. The third-order valence-electron chi connectivity index (χ3n) is 9.61. The van der Waals surface area contributed by atoms with Crippen molar-refractivity contribution in [2.75, 3.05) is 0 Å². The van der Waals surface area contributed by atoms with Crippen LogP contribution in [0.1, 0.15) is 20.7 Å². The molecule has 0 aliphatic heterocycles. The maximum Gasteiger partial charge on any atom is 0.347 e. The van der Waals surface area contributed by atoms with E-state index >= 15 is 0 Å². The minimum atomic E-state index is -3.35. The summed E-state index contributed by atoms with van der Waals surface area (Å²) in [6.45, 7) is 0. The highest BCUT2D eigenvalue weighted by atomic mass is 28.4. The minimum absolute atomic E-state index is 0.0237. The first-order chi connectivity index (χ1) is 25.6. The molecule has 0 spiro atoms. The molecule has 0 amide bonds. The van der Waals surface area contributed by atoms with Crippen LogP contribution in [0.3, 0.4) is 0 Å². The summed E-state index contributed by atoms with van der Waals surface area (Å²) in [6.07, 6.45) is 1.37. The molecule has 0 N–H and O–H groups in total. The molecule has 0 heterocycles. The summed E-state index contributed by atoms with van der Waals surface area (Å²) in [5.41, 5.74) is 0.500. The molecule has 0 atom stereocenters. The van der Waals surface area contributed by atoms with Crippen molar-refractivity contribution in [3.05, 3.63) is 223 Å². The summed E-state index contributed by atoms with van der Waals surface area (Å²) < 4.78 is 14.4. The van der Waals surface area contributed by atoms with Crippen molar-refractivity contribution in [3.8, 4) is 5.75 Å². The van der Waals surface area contributed by atoms with Gasteiger partial charge in [0.25, 0.3) is 0 Å². The second kappa shape index (κ2) is 14.1. The fourth-order valence-electron chi connectivity index (χ4n) is 7.25. The van der Waals surface area contributed by atoms with Crippen LogP contribution in [-0.2, 0) is 4.43 Å². The van der Waals surface area contributed by atoms with Crippen molar-refractivity contribution in [1.29, 1.82) is 0 Å². The largest absolute Gasteiger partial charge is 0.530 e. The van der Waals surface area contributed by atoms with E-state index in [4.69, 9.17) is 8.85 Å². The van der Waals surface area contributed by atoms with E-state index in [9.17, 15) is 9.59 Å².